The zero-order valence-corrected chi connectivity index (χ0v) is 17.0. The number of nitro benzene ring substituents is 1. The van der Waals surface area contributed by atoms with E-state index in [1.807, 2.05) is 0 Å². The van der Waals surface area contributed by atoms with E-state index in [9.17, 15) is 19.7 Å². The van der Waals surface area contributed by atoms with Crippen molar-refractivity contribution in [1.82, 2.24) is 5.43 Å². The van der Waals surface area contributed by atoms with Gasteiger partial charge in [-0.25, -0.2) is 10.2 Å². The zero-order chi connectivity index (χ0) is 22.4. The number of rotatable bonds is 9. The maximum absolute atomic E-state index is 12.3. The van der Waals surface area contributed by atoms with Gasteiger partial charge in [0.1, 0.15) is 0 Å². The maximum Gasteiger partial charge on any atom is 0.341 e. The van der Waals surface area contributed by atoms with Gasteiger partial charge in [-0.05, 0) is 42.8 Å². The number of fused-ring (bicyclic) bond motifs is 1. The van der Waals surface area contributed by atoms with Crippen LogP contribution < -0.4 is 14.9 Å². The molecule has 0 radical (unpaired) electrons. The minimum atomic E-state index is -1.10. The summed E-state index contributed by atoms with van der Waals surface area (Å²) in [5.41, 5.74) is 2.96. The van der Waals surface area contributed by atoms with Gasteiger partial charge in [-0.1, -0.05) is 0 Å². The van der Waals surface area contributed by atoms with Gasteiger partial charge in [-0.15, -0.1) is 11.3 Å². The lowest BCUT2D eigenvalue weighted by Crippen LogP contribution is -2.16. The van der Waals surface area contributed by atoms with Gasteiger partial charge in [0.15, 0.2) is 18.1 Å². The highest BCUT2D eigenvalue weighted by Crippen LogP contribution is 2.29. The fourth-order valence-electron chi connectivity index (χ4n) is 2.61. The largest absolute Gasteiger partial charge is 0.490 e. The quantitative estimate of drug-likeness (QED) is 0.293. The number of carbonyl (C=O) groups is 2. The van der Waals surface area contributed by atoms with Gasteiger partial charge in [0.2, 0.25) is 0 Å². The van der Waals surface area contributed by atoms with Gasteiger partial charge in [0.25, 0.3) is 11.6 Å². The first-order chi connectivity index (χ1) is 14.9. The fourth-order valence-corrected chi connectivity index (χ4v) is 3.54. The molecule has 0 saturated heterocycles. The number of benzene rings is 2. The van der Waals surface area contributed by atoms with Crippen molar-refractivity contribution in [2.24, 2.45) is 5.10 Å². The smallest absolute Gasteiger partial charge is 0.341 e. The number of aliphatic carboxylic acids is 1. The van der Waals surface area contributed by atoms with Crippen LogP contribution in [0.25, 0.3) is 10.1 Å². The number of hydrogen-bond donors (Lipinski definition) is 2. The number of nitro groups is 1. The molecule has 1 amide bonds. The summed E-state index contributed by atoms with van der Waals surface area (Å²) in [7, 11) is 0. The molecule has 1 heterocycles. The Balaban J connectivity index is 1.70. The van der Waals surface area contributed by atoms with Crippen LogP contribution in [0.5, 0.6) is 11.5 Å². The summed E-state index contributed by atoms with van der Waals surface area (Å²) in [6, 6.07) is 10.8. The van der Waals surface area contributed by atoms with Crippen LogP contribution in [0.3, 0.4) is 0 Å². The predicted octanol–water partition coefficient (Wildman–Crippen LogP) is 3.44. The van der Waals surface area contributed by atoms with Gasteiger partial charge < -0.3 is 14.6 Å². The molecule has 10 nitrogen and oxygen atoms in total. The van der Waals surface area contributed by atoms with Crippen molar-refractivity contribution in [2.45, 2.75) is 6.92 Å². The van der Waals surface area contributed by atoms with Gasteiger partial charge in [-0.2, -0.15) is 5.10 Å². The molecule has 1 aromatic heterocycles. The third-order valence-corrected chi connectivity index (χ3v) is 5.05. The Kier molecular flexibility index (Phi) is 6.78. The Bertz CT molecular complexity index is 1170. The first-order valence-electron chi connectivity index (χ1n) is 9.00. The Morgan fingerprint density at radius 1 is 1.19 bits per heavy atom. The lowest BCUT2D eigenvalue weighted by molar-refractivity contribution is -0.384. The zero-order valence-electron chi connectivity index (χ0n) is 16.2. The minimum absolute atomic E-state index is 0.0452. The number of hydrogen-bond acceptors (Lipinski definition) is 8. The fraction of sp³-hybridized carbons (Fsp3) is 0.150. The van der Waals surface area contributed by atoms with Gasteiger partial charge in [-0.3, -0.25) is 14.9 Å². The molecule has 3 rings (SSSR count). The number of hydrazone groups is 1. The highest BCUT2D eigenvalue weighted by atomic mass is 32.1. The third-order valence-electron chi connectivity index (χ3n) is 3.93. The van der Waals surface area contributed by atoms with Crippen molar-refractivity contribution in [3.63, 3.8) is 0 Å². The molecule has 0 atom stereocenters. The van der Waals surface area contributed by atoms with Crippen molar-refractivity contribution in [3.8, 4) is 11.5 Å². The number of thiophene rings is 1. The molecule has 3 aromatic rings. The van der Waals surface area contributed by atoms with Crippen molar-refractivity contribution < 1.29 is 29.1 Å². The molecule has 0 aliphatic carbocycles. The molecular weight excluding hydrogens is 426 g/mol. The van der Waals surface area contributed by atoms with E-state index in [0.717, 1.165) is 4.70 Å². The summed E-state index contributed by atoms with van der Waals surface area (Å²) < 4.78 is 11.4. The van der Waals surface area contributed by atoms with E-state index in [0.29, 0.717) is 28.2 Å². The molecule has 2 N–H and O–H groups in total. The highest BCUT2D eigenvalue weighted by molar-refractivity contribution is 7.20. The predicted molar refractivity (Wildman–Crippen MR) is 114 cm³/mol. The summed E-state index contributed by atoms with van der Waals surface area (Å²) in [5, 5.41) is 24.1. The number of carboxylic acids is 1. The average molecular weight is 443 g/mol. The molecule has 11 heteroatoms. The first kappa shape index (κ1) is 21.7. The van der Waals surface area contributed by atoms with E-state index in [1.54, 1.807) is 37.3 Å². The molecule has 0 unspecified atom stereocenters. The maximum atomic E-state index is 12.3. The normalized spacial score (nSPS) is 10.9. The lowest BCUT2D eigenvalue weighted by Gasteiger charge is -2.11. The van der Waals surface area contributed by atoms with E-state index >= 15 is 0 Å². The lowest BCUT2D eigenvalue weighted by atomic mass is 10.2. The molecule has 0 fully saturated rings. The highest BCUT2D eigenvalue weighted by Gasteiger charge is 2.13. The van der Waals surface area contributed by atoms with Crippen LogP contribution in [0.1, 0.15) is 22.2 Å². The average Bonchev–Trinajstić information content (AvgIpc) is 3.16. The first-order valence-corrected chi connectivity index (χ1v) is 9.82. The van der Waals surface area contributed by atoms with E-state index < -0.39 is 23.4 Å². The Morgan fingerprint density at radius 3 is 2.71 bits per heavy atom. The van der Waals surface area contributed by atoms with Crippen LogP contribution in [0.15, 0.2) is 47.6 Å². The summed E-state index contributed by atoms with van der Waals surface area (Å²) in [4.78, 5) is 33.8. The number of nitrogens with zero attached hydrogens (tertiary/aromatic N) is 2. The molecule has 31 heavy (non-hydrogen) atoms. The molecule has 0 spiro atoms. The molecule has 0 aliphatic heterocycles. The molecule has 2 aromatic carbocycles. The monoisotopic (exact) mass is 443 g/mol. The van der Waals surface area contributed by atoms with Crippen LogP contribution in [0.4, 0.5) is 5.69 Å². The van der Waals surface area contributed by atoms with Crippen LogP contribution in [0, 0.1) is 10.1 Å². The van der Waals surface area contributed by atoms with Crippen molar-refractivity contribution >= 4 is 45.2 Å². The molecule has 0 aliphatic rings. The Hall–Kier alpha value is -3.99. The van der Waals surface area contributed by atoms with Crippen LogP contribution in [0.2, 0.25) is 0 Å². The Labute approximate surface area is 179 Å². The number of nitrogens with one attached hydrogen (secondary N) is 1. The van der Waals surface area contributed by atoms with E-state index in [1.165, 1.54) is 29.7 Å². The van der Waals surface area contributed by atoms with Gasteiger partial charge in [0.05, 0.1) is 22.6 Å². The number of carboxylic acid groups (broad SMARTS) is 1. The number of non-ortho nitro benzene ring substituents is 1. The van der Waals surface area contributed by atoms with Crippen molar-refractivity contribution in [1.29, 1.82) is 0 Å². The van der Waals surface area contributed by atoms with Crippen molar-refractivity contribution in [2.75, 3.05) is 13.2 Å². The summed E-state index contributed by atoms with van der Waals surface area (Å²) >= 11 is 1.20. The standard InChI is InChI=1S/C20H17N3O7S/c1-2-29-16-7-12(3-5-15(16)30-11-19(24)25)10-21-22-20(26)18-9-13-8-14(23(27)28)4-6-17(13)31-18/h3-10H,2,11H2,1H3,(H,22,26)(H,24,25). The van der Waals surface area contributed by atoms with E-state index in [2.05, 4.69) is 10.5 Å². The third kappa shape index (κ3) is 5.54. The van der Waals surface area contributed by atoms with E-state index in [-0.39, 0.29) is 11.4 Å². The van der Waals surface area contributed by atoms with Crippen LogP contribution in [-0.4, -0.2) is 41.3 Å². The summed E-state index contributed by atoms with van der Waals surface area (Å²) in [6.07, 6.45) is 1.40. The van der Waals surface area contributed by atoms with Crippen molar-refractivity contribution in [3.05, 3.63) is 63.0 Å². The molecule has 160 valence electrons. The minimum Gasteiger partial charge on any atom is -0.490 e. The second kappa shape index (κ2) is 9.67. The van der Waals surface area contributed by atoms with Gasteiger partial charge in [0, 0.05) is 22.2 Å². The SMILES string of the molecule is CCOc1cc(C=NNC(=O)c2cc3cc([N+](=O)[O-])ccc3s2)ccc1OCC(=O)O. The number of ether oxygens (including phenoxy) is 2. The number of amides is 1. The van der Waals surface area contributed by atoms with Crippen LogP contribution in [-0.2, 0) is 4.79 Å². The summed E-state index contributed by atoms with van der Waals surface area (Å²) in [5.74, 6) is -0.923. The van der Waals surface area contributed by atoms with E-state index in [4.69, 9.17) is 14.6 Å². The Morgan fingerprint density at radius 2 is 2.00 bits per heavy atom. The molecular formula is C20H17N3O7S. The van der Waals surface area contributed by atoms with Gasteiger partial charge >= 0.3 is 5.97 Å². The number of carbonyl (C=O) groups excluding carboxylic acids is 1. The summed E-state index contributed by atoms with van der Waals surface area (Å²) in [6.45, 7) is 1.63. The second-order valence-corrected chi connectivity index (χ2v) is 7.19. The second-order valence-electron chi connectivity index (χ2n) is 6.11. The molecule has 0 bridgehead atoms. The topological polar surface area (TPSA) is 140 Å². The molecule has 0 saturated carbocycles. The van der Waals surface area contributed by atoms with Crippen LogP contribution >= 0.6 is 11.3 Å².